The first-order chi connectivity index (χ1) is 6.86. The molecule has 0 radical (unpaired) electrons. The summed E-state index contributed by atoms with van der Waals surface area (Å²) in [6.45, 7) is 2.21. The Hall–Kier alpha value is -0.820. The quantitative estimate of drug-likeness (QED) is 0.696. The molecule has 0 amide bonds. The monoisotopic (exact) mass is 248 g/mol. The second-order valence-corrected chi connectivity index (χ2v) is 3.98. The molecule has 0 fully saturated rings. The van der Waals surface area contributed by atoms with Crippen LogP contribution in [0.2, 0.25) is 0 Å². The van der Waals surface area contributed by atoms with E-state index < -0.39 is 0 Å². The van der Waals surface area contributed by atoms with Crippen LogP contribution in [0.15, 0.2) is 36.4 Å². The lowest BCUT2D eigenvalue weighted by Gasteiger charge is -2.08. The molecule has 0 atom stereocenters. The van der Waals surface area contributed by atoms with Crippen LogP contribution in [0, 0.1) is 0 Å². The van der Waals surface area contributed by atoms with Gasteiger partial charge in [-0.1, -0.05) is 59.3 Å². The van der Waals surface area contributed by atoms with E-state index in [2.05, 4.69) is 59.3 Å². The summed E-state index contributed by atoms with van der Waals surface area (Å²) in [5, 5.41) is 3.71. The Morgan fingerprint density at radius 3 is 2.21 bits per heavy atom. The van der Waals surface area contributed by atoms with Crippen molar-refractivity contribution in [2.24, 2.45) is 0 Å². The van der Waals surface area contributed by atoms with E-state index in [1.807, 2.05) is 0 Å². The fourth-order valence-electron chi connectivity index (χ4n) is 1.91. The second kappa shape index (κ2) is 4.14. The summed E-state index contributed by atoms with van der Waals surface area (Å²) in [6, 6.07) is 13.0. The Balaban J connectivity index is 2.81. The lowest BCUT2D eigenvalue weighted by atomic mass is 9.99. The van der Waals surface area contributed by atoms with Crippen LogP contribution in [0.1, 0.15) is 18.1 Å². The Kier molecular flexibility index (Phi) is 2.87. The average molecular weight is 249 g/mol. The first-order valence-electron chi connectivity index (χ1n) is 4.92. The summed E-state index contributed by atoms with van der Waals surface area (Å²) < 4.78 is 0. The molecule has 14 heavy (non-hydrogen) atoms. The number of hydrogen-bond acceptors (Lipinski definition) is 0. The fourth-order valence-corrected chi connectivity index (χ4v) is 2.38. The molecule has 2 aromatic rings. The highest BCUT2D eigenvalue weighted by atomic mass is 79.9. The number of rotatable bonds is 2. The van der Waals surface area contributed by atoms with Gasteiger partial charge in [0.25, 0.3) is 0 Å². The van der Waals surface area contributed by atoms with Crippen molar-refractivity contribution < 1.29 is 0 Å². The molecule has 0 aliphatic carbocycles. The van der Waals surface area contributed by atoms with Gasteiger partial charge in [0.15, 0.2) is 0 Å². The summed E-state index contributed by atoms with van der Waals surface area (Å²) in [5.74, 6) is 0. The SMILES string of the molecule is CCc1cccc2cccc(CBr)c12. The van der Waals surface area contributed by atoms with E-state index in [0.717, 1.165) is 11.8 Å². The molecule has 0 aromatic heterocycles. The number of benzene rings is 2. The molecule has 1 heteroatoms. The third kappa shape index (κ3) is 1.57. The molecule has 0 bridgehead atoms. The zero-order valence-corrected chi connectivity index (χ0v) is 9.84. The maximum atomic E-state index is 3.54. The van der Waals surface area contributed by atoms with Crippen molar-refractivity contribution in [3.8, 4) is 0 Å². The summed E-state index contributed by atoms with van der Waals surface area (Å²) in [6.07, 6.45) is 1.10. The topological polar surface area (TPSA) is 0 Å². The zero-order valence-electron chi connectivity index (χ0n) is 8.26. The first kappa shape index (κ1) is 9.72. The van der Waals surface area contributed by atoms with E-state index in [1.54, 1.807) is 0 Å². The molecule has 0 saturated carbocycles. The normalized spacial score (nSPS) is 10.7. The van der Waals surface area contributed by atoms with E-state index in [1.165, 1.54) is 21.9 Å². The molecule has 2 aromatic carbocycles. The summed E-state index contributed by atoms with van der Waals surface area (Å²) in [7, 11) is 0. The molecular formula is C13H13Br. The lowest BCUT2D eigenvalue weighted by Crippen LogP contribution is -1.88. The van der Waals surface area contributed by atoms with Crippen LogP contribution < -0.4 is 0 Å². The van der Waals surface area contributed by atoms with Crippen LogP contribution in [0.3, 0.4) is 0 Å². The van der Waals surface area contributed by atoms with Crippen LogP contribution in [0.5, 0.6) is 0 Å². The third-order valence-electron chi connectivity index (χ3n) is 2.60. The standard InChI is InChI=1S/C13H13Br/c1-2-10-5-3-6-11-7-4-8-12(9-14)13(10)11/h3-8H,2,9H2,1H3. The molecule has 0 aliphatic heterocycles. The van der Waals surface area contributed by atoms with E-state index >= 15 is 0 Å². The van der Waals surface area contributed by atoms with Crippen LogP contribution >= 0.6 is 15.9 Å². The molecular weight excluding hydrogens is 236 g/mol. The van der Waals surface area contributed by atoms with Crippen LogP contribution in [-0.4, -0.2) is 0 Å². The predicted octanol–water partition coefficient (Wildman–Crippen LogP) is 4.30. The molecule has 72 valence electrons. The zero-order chi connectivity index (χ0) is 9.97. The molecule has 0 unspecified atom stereocenters. The molecule has 0 nitrogen and oxygen atoms in total. The van der Waals surface area contributed by atoms with E-state index in [-0.39, 0.29) is 0 Å². The minimum atomic E-state index is 0.932. The van der Waals surface area contributed by atoms with Gasteiger partial charge in [0.2, 0.25) is 0 Å². The lowest BCUT2D eigenvalue weighted by molar-refractivity contribution is 1.16. The molecule has 0 aliphatic rings. The largest absolute Gasteiger partial charge is 0.0876 e. The van der Waals surface area contributed by atoms with Crippen LogP contribution in [0.4, 0.5) is 0 Å². The average Bonchev–Trinajstić information content (AvgIpc) is 2.27. The van der Waals surface area contributed by atoms with Crippen molar-refractivity contribution in [3.63, 3.8) is 0 Å². The second-order valence-electron chi connectivity index (χ2n) is 3.42. The van der Waals surface area contributed by atoms with Gasteiger partial charge in [-0.2, -0.15) is 0 Å². The number of hydrogen-bond donors (Lipinski definition) is 0. The van der Waals surface area contributed by atoms with Crippen LogP contribution in [0.25, 0.3) is 10.8 Å². The van der Waals surface area contributed by atoms with Gasteiger partial charge in [0, 0.05) is 5.33 Å². The van der Waals surface area contributed by atoms with Gasteiger partial charge in [-0.25, -0.2) is 0 Å². The maximum absolute atomic E-state index is 3.54. The summed E-state index contributed by atoms with van der Waals surface area (Å²) in [4.78, 5) is 0. The minimum Gasteiger partial charge on any atom is -0.0876 e. The van der Waals surface area contributed by atoms with Gasteiger partial charge in [-0.3, -0.25) is 0 Å². The Morgan fingerprint density at radius 2 is 1.64 bits per heavy atom. The van der Waals surface area contributed by atoms with Gasteiger partial charge in [0.1, 0.15) is 0 Å². The Labute approximate surface area is 93.1 Å². The van der Waals surface area contributed by atoms with Crippen molar-refractivity contribution in [2.45, 2.75) is 18.7 Å². The van der Waals surface area contributed by atoms with Gasteiger partial charge < -0.3 is 0 Å². The van der Waals surface area contributed by atoms with Crippen LogP contribution in [-0.2, 0) is 11.8 Å². The number of aryl methyl sites for hydroxylation is 1. The molecule has 0 saturated heterocycles. The molecule has 0 N–H and O–H groups in total. The van der Waals surface area contributed by atoms with Crippen molar-refractivity contribution >= 4 is 26.7 Å². The van der Waals surface area contributed by atoms with Gasteiger partial charge in [0.05, 0.1) is 0 Å². The van der Waals surface area contributed by atoms with E-state index in [9.17, 15) is 0 Å². The van der Waals surface area contributed by atoms with E-state index in [4.69, 9.17) is 0 Å². The number of alkyl halides is 1. The number of fused-ring (bicyclic) bond motifs is 1. The predicted molar refractivity (Wildman–Crippen MR) is 66.0 cm³/mol. The molecule has 0 spiro atoms. The van der Waals surface area contributed by atoms with Gasteiger partial charge >= 0.3 is 0 Å². The van der Waals surface area contributed by atoms with E-state index in [0.29, 0.717) is 0 Å². The molecule has 0 heterocycles. The minimum absolute atomic E-state index is 0.932. The smallest absolute Gasteiger partial charge is 0.0289 e. The van der Waals surface area contributed by atoms with Crippen molar-refractivity contribution in [3.05, 3.63) is 47.5 Å². The van der Waals surface area contributed by atoms with Gasteiger partial charge in [-0.15, -0.1) is 0 Å². The summed E-state index contributed by atoms with van der Waals surface area (Å²) in [5.41, 5.74) is 2.83. The maximum Gasteiger partial charge on any atom is 0.0289 e. The highest BCUT2D eigenvalue weighted by molar-refractivity contribution is 9.08. The van der Waals surface area contributed by atoms with Crippen molar-refractivity contribution in [1.29, 1.82) is 0 Å². The highest BCUT2D eigenvalue weighted by Crippen LogP contribution is 2.24. The first-order valence-corrected chi connectivity index (χ1v) is 6.04. The molecule has 2 rings (SSSR count). The van der Waals surface area contributed by atoms with Crippen molar-refractivity contribution in [1.82, 2.24) is 0 Å². The fraction of sp³-hybridized carbons (Fsp3) is 0.231. The third-order valence-corrected chi connectivity index (χ3v) is 3.21. The van der Waals surface area contributed by atoms with Crippen molar-refractivity contribution in [2.75, 3.05) is 0 Å². The highest BCUT2D eigenvalue weighted by Gasteiger charge is 2.03. The number of halogens is 1. The Morgan fingerprint density at radius 1 is 1.00 bits per heavy atom. The Bertz CT molecular complexity index is 407. The summed E-state index contributed by atoms with van der Waals surface area (Å²) >= 11 is 3.54. The van der Waals surface area contributed by atoms with Gasteiger partial charge in [-0.05, 0) is 28.3 Å².